The number of hydrogen-bond donors (Lipinski definition) is 2. The van der Waals surface area contributed by atoms with Gasteiger partial charge < -0.3 is 20.3 Å². The molecular weight excluding hydrogens is 406 g/mol. The van der Waals surface area contributed by atoms with E-state index < -0.39 is 0 Å². The van der Waals surface area contributed by atoms with Crippen LogP contribution in [0.3, 0.4) is 0 Å². The average Bonchev–Trinajstić information content (AvgIpc) is 3.21. The molecule has 1 aromatic carbocycles. The van der Waals surface area contributed by atoms with E-state index in [4.69, 9.17) is 4.74 Å². The van der Waals surface area contributed by atoms with Crippen molar-refractivity contribution in [2.24, 2.45) is 7.05 Å². The highest BCUT2D eigenvalue weighted by Crippen LogP contribution is 2.41. The number of pyridine rings is 1. The van der Waals surface area contributed by atoms with Gasteiger partial charge in [0.2, 0.25) is 0 Å². The summed E-state index contributed by atoms with van der Waals surface area (Å²) in [6, 6.07) is 5.64. The highest BCUT2D eigenvalue weighted by Gasteiger charge is 2.46. The van der Waals surface area contributed by atoms with E-state index in [1.54, 1.807) is 16.7 Å². The molecule has 3 aromatic rings. The Bertz CT molecular complexity index is 1220. The Morgan fingerprint density at radius 3 is 2.97 bits per heavy atom. The standard InChI is InChI=1S/C23H27N7O2/c1-28-13-15-11-18(20(32-2)12-17(15)27-28)26-22(31)30-9-4-16-19(3-7-24-21(16)30)29-10-8-25-23(14-29)5-6-23/h3,7,11-13,25H,4-6,8-10,14H2,1-2H3,(H,26,31). The number of fused-ring (bicyclic) bond motifs is 2. The summed E-state index contributed by atoms with van der Waals surface area (Å²) < 4.78 is 7.26. The van der Waals surface area contributed by atoms with E-state index in [9.17, 15) is 4.79 Å². The van der Waals surface area contributed by atoms with Crippen molar-refractivity contribution in [1.29, 1.82) is 0 Å². The topological polar surface area (TPSA) is 87.5 Å². The molecule has 166 valence electrons. The molecule has 0 radical (unpaired) electrons. The predicted octanol–water partition coefficient (Wildman–Crippen LogP) is 2.51. The van der Waals surface area contributed by atoms with Crippen LogP contribution in [-0.2, 0) is 13.5 Å². The lowest BCUT2D eigenvalue weighted by Gasteiger charge is -2.36. The number of anilines is 3. The molecule has 2 N–H and O–H groups in total. The normalized spacial score (nSPS) is 18.8. The number of carbonyl (C=O) groups excluding carboxylic acids is 1. The predicted molar refractivity (Wildman–Crippen MR) is 124 cm³/mol. The van der Waals surface area contributed by atoms with Crippen LogP contribution in [0.15, 0.2) is 30.6 Å². The van der Waals surface area contributed by atoms with Crippen molar-refractivity contribution in [3.63, 3.8) is 0 Å². The molecule has 9 heteroatoms. The summed E-state index contributed by atoms with van der Waals surface area (Å²) in [5, 5.41) is 12.1. The fourth-order valence-corrected chi connectivity index (χ4v) is 5.04. The van der Waals surface area contributed by atoms with Crippen LogP contribution in [0, 0.1) is 0 Å². The van der Waals surface area contributed by atoms with Crippen molar-refractivity contribution in [3.8, 4) is 5.75 Å². The molecule has 2 amide bonds. The fraction of sp³-hybridized carbons (Fsp3) is 0.435. The number of rotatable bonds is 3. The number of urea groups is 1. The molecule has 2 aliphatic heterocycles. The summed E-state index contributed by atoms with van der Waals surface area (Å²) in [5.41, 5.74) is 4.12. The number of aromatic nitrogens is 3. The van der Waals surface area contributed by atoms with E-state index in [0.29, 0.717) is 23.5 Å². The second kappa shape index (κ2) is 7.09. The monoisotopic (exact) mass is 433 g/mol. The van der Waals surface area contributed by atoms with Crippen molar-refractivity contribution in [2.75, 3.05) is 48.4 Å². The number of nitrogens with zero attached hydrogens (tertiary/aromatic N) is 5. The third kappa shape index (κ3) is 3.15. The molecule has 1 aliphatic carbocycles. The number of carbonyl (C=O) groups is 1. The van der Waals surface area contributed by atoms with Crippen LogP contribution < -0.4 is 25.2 Å². The molecular formula is C23H27N7O2. The highest BCUT2D eigenvalue weighted by molar-refractivity contribution is 6.05. The van der Waals surface area contributed by atoms with Gasteiger partial charge in [-0.25, -0.2) is 9.78 Å². The lowest BCUT2D eigenvalue weighted by Crippen LogP contribution is -2.52. The molecule has 4 heterocycles. The van der Waals surface area contributed by atoms with Crippen LogP contribution in [-0.4, -0.2) is 59.6 Å². The van der Waals surface area contributed by atoms with E-state index in [0.717, 1.165) is 48.3 Å². The third-order valence-electron chi connectivity index (χ3n) is 6.85. The molecule has 0 unspecified atom stereocenters. The molecule has 9 nitrogen and oxygen atoms in total. The van der Waals surface area contributed by atoms with E-state index in [-0.39, 0.29) is 6.03 Å². The van der Waals surface area contributed by atoms with Gasteiger partial charge in [0, 0.05) is 73.9 Å². The maximum absolute atomic E-state index is 13.3. The zero-order chi connectivity index (χ0) is 21.9. The molecule has 3 aliphatic rings. The summed E-state index contributed by atoms with van der Waals surface area (Å²) >= 11 is 0. The first-order valence-corrected chi connectivity index (χ1v) is 11.1. The largest absolute Gasteiger partial charge is 0.494 e. The summed E-state index contributed by atoms with van der Waals surface area (Å²) in [7, 11) is 3.47. The number of amides is 2. The van der Waals surface area contributed by atoms with E-state index >= 15 is 0 Å². The van der Waals surface area contributed by atoms with Crippen LogP contribution in [0.4, 0.5) is 22.0 Å². The number of aryl methyl sites for hydroxylation is 1. The number of ether oxygens (including phenoxy) is 1. The molecule has 2 fully saturated rings. The van der Waals surface area contributed by atoms with Crippen molar-refractivity contribution < 1.29 is 9.53 Å². The number of piperazine rings is 1. The minimum atomic E-state index is -0.200. The molecule has 0 atom stereocenters. The van der Waals surface area contributed by atoms with E-state index in [2.05, 4.69) is 31.7 Å². The van der Waals surface area contributed by atoms with Crippen molar-refractivity contribution in [3.05, 3.63) is 36.2 Å². The first kappa shape index (κ1) is 19.4. The minimum Gasteiger partial charge on any atom is -0.494 e. The Morgan fingerprint density at radius 2 is 2.16 bits per heavy atom. The van der Waals surface area contributed by atoms with Crippen LogP contribution in [0.2, 0.25) is 0 Å². The van der Waals surface area contributed by atoms with E-state index in [1.165, 1.54) is 18.5 Å². The molecule has 1 saturated carbocycles. The Morgan fingerprint density at radius 1 is 1.28 bits per heavy atom. The Kier molecular flexibility index (Phi) is 4.29. The Hall–Kier alpha value is -3.33. The van der Waals surface area contributed by atoms with Crippen molar-refractivity contribution in [1.82, 2.24) is 20.1 Å². The van der Waals surface area contributed by atoms with Crippen LogP contribution >= 0.6 is 0 Å². The van der Waals surface area contributed by atoms with Gasteiger partial charge in [-0.15, -0.1) is 0 Å². The van der Waals surface area contributed by atoms with Gasteiger partial charge >= 0.3 is 6.03 Å². The van der Waals surface area contributed by atoms with E-state index in [1.807, 2.05) is 31.6 Å². The van der Waals surface area contributed by atoms with Crippen LogP contribution in [0.1, 0.15) is 18.4 Å². The summed E-state index contributed by atoms with van der Waals surface area (Å²) in [4.78, 5) is 22.0. The number of nitrogens with one attached hydrogen (secondary N) is 2. The van der Waals surface area contributed by atoms with Gasteiger partial charge in [0.25, 0.3) is 0 Å². The average molecular weight is 434 g/mol. The summed E-state index contributed by atoms with van der Waals surface area (Å²) in [6.07, 6.45) is 7.04. The zero-order valence-corrected chi connectivity index (χ0v) is 18.4. The van der Waals surface area contributed by atoms with Gasteiger partial charge in [0.1, 0.15) is 11.6 Å². The smallest absolute Gasteiger partial charge is 0.327 e. The van der Waals surface area contributed by atoms with Crippen LogP contribution in [0.5, 0.6) is 5.75 Å². The van der Waals surface area contributed by atoms with Gasteiger partial charge in [0.15, 0.2) is 0 Å². The first-order chi connectivity index (χ1) is 15.5. The zero-order valence-electron chi connectivity index (χ0n) is 18.4. The Labute approximate surface area is 186 Å². The number of methoxy groups -OCH3 is 1. The third-order valence-corrected chi connectivity index (χ3v) is 6.85. The molecule has 2 aromatic heterocycles. The van der Waals surface area contributed by atoms with Crippen LogP contribution in [0.25, 0.3) is 10.9 Å². The minimum absolute atomic E-state index is 0.200. The maximum Gasteiger partial charge on any atom is 0.327 e. The highest BCUT2D eigenvalue weighted by atomic mass is 16.5. The molecule has 0 bridgehead atoms. The number of benzene rings is 1. The molecule has 1 saturated heterocycles. The van der Waals surface area contributed by atoms with Crippen molar-refractivity contribution in [2.45, 2.75) is 24.8 Å². The molecule has 32 heavy (non-hydrogen) atoms. The first-order valence-electron chi connectivity index (χ1n) is 11.1. The van der Waals surface area contributed by atoms with Gasteiger partial charge in [0.05, 0.1) is 18.3 Å². The van der Waals surface area contributed by atoms with Crippen molar-refractivity contribution >= 4 is 34.1 Å². The second-order valence-corrected chi connectivity index (χ2v) is 9.01. The lowest BCUT2D eigenvalue weighted by atomic mass is 10.1. The van der Waals surface area contributed by atoms with Gasteiger partial charge in [-0.05, 0) is 31.4 Å². The van der Waals surface area contributed by atoms with Gasteiger partial charge in [-0.2, -0.15) is 5.10 Å². The SMILES string of the molecule is COc1cc2nn(C)cc2cc1NC(=O)N1CCc2c(N3CCNC4(CC4)C3)ccnc21. The fourth-order valence-electron chi connectivity index (χ4n) is 5.04. The quantitative estimate of drug-likeness (QED) is 0.660. The van der Waals surface area contributed by atoms with Gasteiger partial charge in [-0.3, -0.25) is 9.58 Å². The number of hydrogen-bond acceptors (Lipinski definition) is 6. The summed E-state index contributed by atoms with van der Waals surface area (Å²) in [6.45, 7) is 3.61. The second-order valence-electron chi connectivity index (χ2n) is 9.01. The Balaban J connectivity index is 1.27. The van der Waals surface area contributed by atoms with Gasteiger partial charge in [-0.1, -0.05) is 0 Å². The maximum atomic E-state index is 13.3. The molecule has 6 rings (SSSR count). The summed E-state index contributed by atoms with van der Waals surface area (Å²) in [5.74, 6) is 1.34. The lowest BCUT2D eigenvalue weighted by molar-refractivity contribution is 0.257. The molecule has 1 spiro atoms.